The normalized spacial score (nSPS) is 19.0. The van der Waals surface area contributed by atoms with Gasteiger partial charge in [-0.2, -0.15) is 0 Å². The zero-order chi connectivity index (χ0) is 19.0. The molecule has 0 spiro atoms. The van der Waals surface area contributed by atoms with Gasteiger partial charge in [-0.15, -0.1) is 0 Å². The van der Waals surface area contributed by atoms with Crippen LogP contribution < -0.4 is 0 Å². The van der Waals surface area contributed by atoms with Gasteiger partial charge in [0.15, 0.2) is 0 Å². The number of nitro groups is 1. The molecule has 26 heavy (non-hydrogen) atoms. The van der Waals surface area contributed by atoms with Crippen molar-refractivity contribution in [2.24, 2.45) is 0 Å². The van der Waals surface area contributed by atoms with E-state index in [1.807, 2.05) is 44.2 Å². The first kappa shape index (κ1) is 18.2. The Morgan fingerprint density at radius 1 is 1.12 bits per heavy atom. The Morgan fingerprint density at radius 2 is 1.77 bits per heavy atom. The van der Waals surface area contributed by atoms with Crippen molar-refractivity contribution in [3.63, 3.8) is 0 Å². The van der Waals surface area contributed by atoms with Gasteiger partial charge < -0.3 is 0 Å². The molecule has 3 rings (SSSR count). The quantitative estimate of drug-likeness (QED) is 0.351. The Labute approximate surface area is 158 Å². The highest BCUT2D eigenvalue weighted by atomic mass is 35.5. The van der Waals surface area contributed by atoms with Crippen molar-refractivity contribution >= 4 is 17.3 Å². The number of fused-ring (bicyclic) bond motifs is 2. The topological polar surface area (TPSA) is 43.1 Å². The number of hydrogen-bond acceptors (Lipinski definition) is 2. The third-order valence-corrected chi connectivity index (χ3v) is 5.60. The molecule has 0 N–H and O–H groups in total. The molecule has 132 valence electrons. The van der Waals surface area contributed by atoms with Crippen molar-refractivity contribution in [3.05, 3.63) is 110 Å². The maximum Gasteiger partial charge on any atom is 0.288 e. The van der Waals surface area contributed by atoms with Crippen molar-refractivity contribution in [1.82, 2.24) is 0 Å². The van der Waals surface area contributed by atoms with Gasteiger partial charge in [-0.05, 0) is 40.3 Å². The van der Waals surface area contributed by atoms with Crippen LogP contribution in [0.5, 0.6) is 0 Å². The van der Waals surface area contributed by atoms with Crippen molar-refractivity contribution in [3.8, 4) is 0 Å². The van der Waals surface area contributed by atoms with Gasteiger partial charge in [0.05, 0.1) is 4.92 Å². The molecule has 0 aromatic heterocycles. The fourth-order valence-corrected chi connectivity index (χ4v) is 4.28. The van der Waals surface area contributed by atoms with Crippen molar-refractivity contribution in [2.45, 2.75) is 25.7 Å². The molecule has 0 heterocycles. The van der Waals surface area contributed by atoms with Crippen LogP contribution in [0.4, 0.5) is 5.69 Å². The molecular formula is C22H20ClNO2. The molecule has 0 aliphatic heterocycles. The fourth-order valence-electron chi connectivity index (χ4n) is 3.88. The van der Waals surface area contributed by atoms with Crippen LogP contribution in [0, 0.1) is 10.1 Å². The molecule has 2 unspecified atom stereocenters. The second-order valence-corrected chi connectivity index (χ2v) is 6.87. The van der Waals surface area contributed by atoms with Gasteiger partial charge in [0.1, 0.15) is 5.02 Å². The Balaban J connectivity index is 2.40. The van der Waals surface area contributed by atoms with E-state index in [1.165, 1.54) is 11.6 Å². The van der Waals surface area contributed by atoms with Crippen LogP contribution in [0.25, 0.3) is 0 Å². The summed E-state index contributed by atoms with van der Waals surface area (Å²) in [5.74, 6) is -0.105. The molecule has 2 aromatic carbocycles. The van der Waals surface area contributed by atoms with Gasteiger partial charge in [-0.3, -0.25) is 10.1 Å². The minimum atomic E-state index is -0.426. The zero-order valence-corrected chi connectivity index (χ0v) is 15.6. The molecule has 2 atom stereocenters. The fraction of sp³-hybridized carbons (Fsp3) is 0.182. The monoisotopic (exact) mass is 365 g/mol. The van der Waals surface area contributed by atoms with Crippen molar-refractivity contribution < 1.29 is 4.92 Å². The molecule has 0 amide bonds. The van der Waals surface area contributed by atoms with Gasteiger partial charge in [-0.25, -0.2) is 0 Å². The lowest BCUT2D eigenvalue weighted by molar-refractivity contribution is -0.384. The van der Waals surface area contributed by atoms with E-state index in [2.05, 4.69) is 25.3 Å². The minimum absolute atomic E-state index is 0.0278. The van der Waals surface area contributed by atoms with Crippen LogP contribution in [0.15, 0.2) is 72.9 Å². The lowest BCUT2D eigenvalue weighted by Gasteiger charge is -2.34. The van der Waals surface area contributed by atoms with Gasteiger partial charge in [0, 0.05) is 17.9 Å². The van der Waals surface area contributed by atoms with Crippen LogP contribution >= 0.6 is 11.6 Å². The van der Waals surface area contributed by atoms with E-state index in [4.69, 9.17) is 11.6 Å². The predicted octanol–water partition coefficient (Wildman–Crippen LogP) is 6.53. The molecule has 0 saturated carbocycles. The molecule has 3 nitrogen and oxygen atoms in total. The average Bonchev–Trinajstić information content (AvgIpc) is 2.64. The third kappa shape index (κ3) is 2.69. The van der Waals surface area contributed by atoms with E-state index < -0.39 is 4.92 Å². The Hall–Kier alpha value is -2.65. The maximum absolute atomic E-state index is 11.4. The number of halogens is 1. The highest BCUT2D eigenvalue weighted by Gasteiger charge is 2.35. The number of rotatable bonds is 4. The summed E-state index contributed by atoms with van der Waals surface area (Å²) in [6.07, 6.45) is 3.65. The first-order chi connectivity index (χ1) is 12.4. The Bertz CT molecular complexity index is 959. The molecule has 1 aliphatic carbocycles. The van der Waals surface area contributed by atoms with E-state index in [9.17, 15) is 10.1 Å². The molecule has 1 aliphatic rings. The molecule has 4 heteroatoms. The van der Waals surface area contributed by atoms with E-state index in [0.717, 1.165) is 27.8 Å². The van der Waals surface area contributed by atoms with Gasteiger partial charge in [-0.1, -0.05) is 74.2 Å². The smallest absolute Gasteiger partial charge is 0.258 e. The van der Waals surface area contributed by atoms with Crippen LogP contribution in [-0.4, -0.2) is 4.92 Å². The second-order valence-electron chi connectivity index (χ2n) is 6.49. The zero-order valence-electron chi connectivity index (χ0n) is 14.8. The lowest BCUT2D eigenvalue weighted by atomic mass is 9.69. The number of nitro benzene ring substituents is 1. The van der Waals surface area contributed by atoms with Crippen molar-refractivity contribution in [2.75, 3.05) is 0 Å². The van der Waals surface area contributed by atoms with E-state index in [-0.39, 0.29) is 22.5 Å². The highest BCUT2D eigenvalue weighted by Crippen LogP contribution is 2.50. The van der Waals surface area contributed by atoms with E-state index in [0.29, 0.717) is 0 Å². The van der Waals surface area contributed by atoms with Crippen LogP contribution in [0.1, 0.15) is 47.9 Å². The number of allylic oxidation sites excluding steroid dienone is 4. The highest BCUT2D eigenvalue weighted by molar-refractivity contribution is 6.33. The molecule has 0 radical (unpaired) electrons. The summed E-state index contributed by atoms with van der Waals surface area (Å²) in [6.45, 7) is 11.9. The summed E-state index contributed by atoms with van der Waals surface area (Å²) in [6, 6.07) is 11.5. The van der Waals surface area contributed by atoms with Crippen LogP contribution in [0.2, 0.25) is 5.02 Å². The predicted molar refractivity (Wildman–Crippen MR) is 107 cm³/mol. The number of benzene rings is 2. The van der Waals surface area contributed by atoms with Crippen molar-refractivity contribution in [1.29, 1.82) is 0 Å². The molecular weight excluding hydrogens is 346 g/mol. The Morgan fingerprint density at radius 3 is 2.35 bits per heavy atom. The summed E-state index contributed by atoms with van der Waals surface area (Å²) in [5, 5.41) is 11.6. The van der Waals surface area contributed by atoms with Crippen LogP contribution in [0.3, 0.4) is 0 Å². The summed E-state index contributed by atoms with van der Waals surface area (Å²) in [4.78, 5) is 10.9. The summed E-state index contributed by atoms with van der Waals surface area (Å²) in [7, 11) is 0. The SMILES string of the molecule is C=C/C(C)=C(\C=C)C1c2ccccc2C(C)c2c1ccc([N+](=O)[O-])c2Cl. The minimum Gasteiger partial charge on any atom is -0.258 e. The number of nitrogens with zero attached hydrogens (tertiary/aromatic N) is 1. The first-order valence-electron chi connectivity index (χ1n) is 8.43. The summed E-state index contributed by atoms with van der Waals surface area (Å²) < 4.78 is 0. The molecule has 0 saturated heterocycles. The molecule has 2 aromatic rings. The standard InChI is InChI=1S/C22H20ClNO2/c1-5-13(3)15(6-2)21-17-10-8-7-9-16(17)14(4)20-18(21)11-12-19(22(20)23)24(25)26/h5-12,14,21H,1-2H2,3-4H3/b15-13+. The molecule has 0 fully saturated rings. The van der Waals surface area contributed by atoms with Gasteiger partial charge in [0.25, 0.3) is 5.69 Å². The third-order valence-electron chi connectivity index (χ3n) is 5.20. The summed E-state index contributed by atoms with van der Waals surface area (Å²) in [5.41, 5.74) is 6.11. The van der Waals surface area contributed by atoms with Gasteiger partial charge >= 0.3 is 0 Å². The Kier molecular flexibility index (Phi) is 4.84. The largest absolute Gasteiger partial charge is 0.288 e. The second kappa shape index (κ2) is 6.93. The maximum atomic E-state index is 11.4. The summed E-state index contributed by atoms with van der Waals surface area (Å²) >= 11 is 6.51. The molecule has 0 bridgehead atoms. The number of hydrogen-bond donors (Lipinski definition) is 0. The van der Waals surface area contributed by atoms with Gasteiger partial charge in [0.2, 0.25) is 0 Å². The average molecular weight is 366 g/mol. The van der Waals surface area contributed by atoms with E-state index in [1.54, 1.807) is 0 Å². The van der Waals surface area contributed by atoms with E-state index >= 15 is 0 Å². The van der Waals surface area contributed by atoms with Crippen LogP contribution in [-0.2, 0) is 0 Å². The first-order valence-corrected chi connectivity index (χ1v) is 8.81. The lowest BCUT2D eigenvalue weighted by Crippen LogP contribution is -2.19.